The highest BCUT2D eigenvalue weighted by molar-refractivity contribution is 6.30. The first kappa shape index (κ1) is 22.2. The summed E-state index contributed by atoms with van der Waals surface area (Å²) in [5, 5.41) is 4.66. The summed E-state index contributed by atoms with van der Waals surface area (Å²) in [5.74, 6) is 0.940. The molecule has 0 radical (unpaired) electrons. The highest BCUT2D eigenvalue weighted by Gasteiger charge is 2.30. The van der Waals surface area contributed by atoms with Crippen molar-refractivity contribution in [3.63, 3.8) is 0 Å². The number of benzene rings is 2. The van der Waals surface area contributed by atoms with Crippen molar-refractivity contribution >= 4 is 34.3 Å². The number of likely N-dealkylation sites (tertiary alicyclic amines) is 1. The zero-order chi connectivity index (χ0) is 22.7. The number of fused-ring (bicyclic) bond motifs is 1. The van der Waals surface area contributed by atoms with Gasteiger partial charge in [0.25, 0.3) is 5.91 Å². The van der Waals surface area contributed by atoms with Crippen LogP contribution in [-0.4, -0.2) is 41.9 Å². The number of nitrogens with zero attached hydrogens (tertiary/aromatic N) is 1. The lowest BCUT2D eigenvalue weighted by Crippen LogP contribution is -2.42. The molecule has 0 saturated carbocycles. The highest BCUT2D eigenvalue weighted by atomic mass is 35.5. The van der Waals surface area contributed by atoms with Crippen LogP contribution >= 0.6 is 11.6 Å². The average molecular weight is 454 g/mol. The first-order chi connectivity index (χ1) is 15.4. The van der Waals surface area contributed by atoms with Crippen molar-refractivity contribution < 1.29 is 14.3 Å². The number of amides is 2. The van der Waals surface area contributed by atoms with Crippen molar-refractivity contribution in [1.82, 2.24) is 15.2 Å². The predicted molar refractivity (Wildman–Crippen MR) is 126 cm³/mol. The lowest BCUT2D eigenvalue weighted by atomic mass is 9.84. The largest absolute Gasteiger partial charge is 0.497 e. The van der Waals surface area contributed by atoms with Gasteiger partial charge in [0, 0.05) is 47.5 Å². The van der Waals surface area contributed by atoms with Gasteiger partial charge >= 0.3 is 0 Å². The first-order valence-corrected chi connectivity index (χ1v) is 11.3. The van der Waals surface area contributed by atoms with Crippen molar-refractivity contribution in [3.8, 4) is 5.75 Å². The van der Waals surface area contributed by atoms with Crippen LogP contribution in [0, 0.1) is 11.8 Å². The highest BCUT2D eigenvalue weighted by Crippen LogP contribution is 2.27. The summed E-state index contributed by atoms with van der Waals surface area (Å²) >= 11 is 6.01. The van der Waals surface area contributed by atoms with E-state index in [4.69, 9.17) is 16.3 Å². The number of hydrogen-bond donors (Lipinski definition) is 2. The van der Waals surface area contributed by atoms with E-state index in [-0.39, 0.29) is 23.7 Å². The second kappa shape index (κ2) is 9.65. The Hall–Kier alpha value is -2.99. The Labute approximate surface area is 192 Å². The Morgan fingerprint density at radius 2 is 1.97 bits per heavy atom. The summed E-state index contributed by atoms with van der Waals surface area (Å²) in [6.07, 6.45) is 1.62. The van der Waals surface area contributed by atoms with Gasteiger partial charge in [-0.3, -0.25) is 9.59 Å². The van der Waals surface area contributed by atoms with E-state index in [1.54, 1.807) is 7.11 Å². The smallest absolute Gasteiger partial charge is 0.270 e. The zero-order valence-corrected chi connectivity index (χ0v) is 19.1. The normalized spacial score (nSPS) is 15.5. The zero-order valence-electron chi connectivity index (χ0n) is 18.4. The molecule has 0 bridgehead atoms. The van der Waals surface area contributed by atoms with Gasteiger partial charge < -0.3 is 19.9 Å². The van der Waals surface area contributed by atoms with E-state index in [1.165, 1.54) is 0 Å². The molecule has 2 amide bonds. The molecule has 3 aromatic rings. The number of ether oxygens (including phenoxy) is 1. The van der Waals surface area contributed by atoms with Crippen molar-refractivity contribution in [2.45, 2.75) is 26.3 Å². The fraction of sp³-hybridized carbons (Fsp3) is 0.360. The summed E-state index contributed by atoms with van der Waals surface area (Å²) in [6.45, 7) is 3.73. The molecule has 0 spiro atoms. The maximum atomic E-state index is 13.0. The molecule has 1 aromatic heterocycles. The van der Waals surface area contributed by atoms with E-state index < -0.39 is 0 Å². The van der Waals surface area contributed by atoms with Crippen LogP contribution in [0.5, 0.6) is 5.75 Å². The number of nitrogens with one attached hydrogen (secondary N) is 2. The van der Waals surface area contributed by atoms with Crippen LogP contribution in [0.25, 0.3) is 10.9 Å². The van der Waals surface area contributed by atoms with Crippen LogP contribution in [0.1, 0.15) is 35.8 Å². The van der Waals surface area contributed by atoms with Gasteiger partial charge in [-0.25, -0.2) is 0 Å². The van der Waals surface area contributed by atoms with Crippen LogP contribution in [0.3, 0.4) is 0 Å². The lowest BCUT2D eigenvalue weighted by molar-refractivity contribution is -0.126. The Bertz CT molecular complexity index is 1120. The van der Waals surface area contributed by atoms with Gasteiger partial charge in [-0.05, 0) is 54.7 Å². The van der Waals surface area contributed by atoms with E-state index in [0.717, 1.165) is 35.1 Å². The fourth-order valence-corrected chi connectivity index (χ4v) is 4.55. The number of piperidine rings is 1. The SMILES string of the molecule is COc1ccc2cc(C(=O)N3CCC([C@@H](C)C(=O)NCc4cccc(Cl)c4)CC3)[nH]c2c1. The average Bonchev–Trinajstić information content (AvgIpc) is 3.25. The summed E-state index contributed by atoms with van der Waals surface area (Å²) in [7, 11) is 1.62. The topological polar surface area (TPSA) is 74.4 Å². The standard InChI is InChI=1S/C25H28ClN3O3/c1-16(24(30)27-15-17-4-3-5-20(26)12-17)18-8-10-29(11-9-18)25(31)23-13-19-6-7-21(32-2)14-22(19)28-23/h3-7,12-14,16,18,28H,8-11,15H2,1-2H3,(H,27,30)/t16-/m1/s1. The molecule has 32 heavy (non-hydrogen) atoms. The molecule has 4 rings (SSSR count). The third kappa shape index (κ3) is 4.91. The minimum atomic E-state index is -0.105. The molecule has 7 heteroatoms. The molecule has 2 heterocycles. The summed E-state index contributed by atoms with van der Waals surface area (Å²) < 4.78 is 5.26. The van der Waals surface area contributed by atoms with Gasteiger partial charge in [-0.2, -0.15) is 0 Å². The van der Waals surface area contributed by atoms with E-state index in [0.29, 0.717) is 30.4 Å². The predicted octanol–water partition coefficient (Wildman–Crippen LogP) is 4.63. The Kier molecular flexibility index (Phi) is 6.70. The number of aromatic nitrogens is 1. The molecule has 2 aromatic carbocycles. The number of hydrogen-bond acceptors (Lipinski definition) is 3. The third-order valence-electron chi connectivity index (χ3n) is 6.36. The number of carbonyl (C=O) groups excluding carboxylic acids is 2. The minimum absolute atomic E-state index is 0.00308. The molecule has 168 valence electrons. The number of rotatable bonds is 6. The molecular formula is C25H28ClN3O3. The first-order valence-electron chi connectivity index (χ1n) is 10.9. The van der Waals surface area contributed by atoms with E-state index in [1.807, 2.05) is 60.4 Å². The second-order valence-corrected chi connectivity index (χ2v) is 8.84. The number of methoxy groups -OCH3 is 1. The van der Waals surface area contributed by atoms with Crippen molar-refractivity contribution in [3.05, 3.63) is 64.8 Å². The quantitative estimate of drug-likeness (QED) is 0.571. The van der Waals surface area contributed by atoms with E-state index in [9.17, 15) is 9.59 Å². The Morgan fingerprint density at radius 1 is 1.19 bits per heavy atom. The van der Waals surface area contributed by atoms with Crippen LogP contribution in [0.15, 0.2) is 48.5 Å². The fourth-order valence-electron chi connectivity index (χ4n) is 4.33. The molecule has 6 nitrogen and oxygen atoms in total. The van der Waals surface area contributed by atoms with E-state index >= 15 is 0 Å². The number of carbonyl (C=O) groups is 2. The second-order valence-electron chi connectivity index (χ2n) is 8.40. The molecule has 0 unspecified atom stereocenters. The molecule has 2 N–H and O–H groups in total. The van der Waals surface area contributed by atoms with Crippen LogP contribution < -0.4 is 10.1 Å². The number of H-pyrrole nitrogens is 1. The molecular weight excluding hydrogens is 426 g/mol. The molecule has 1 atom stereocenters. The van der Waals surface area contributed by atoms with Gasteiger partial charge in [0.05, 0.1) is 7.11 Å². The number of halogens is 1. The molecule has 1 fully saturated rings. The maximum Gasteiger partial charge on any atom is 0.270 e. The van der Waals surface area contributed by atoms with Gasteiger partial charge in [0.15, 0.2) is 0 Å². The summed E-state index contributed by atoms with van der Waals surface area (Å²) in [5.41, 5.74) is 2.45. The van der Waals surface area contributed by atoms with Crippen molar-refractivity contribution in [2.75, 3.05) is 20.2 Å². The van der Waals surface area contributed by atoms with Gasteiger partial charge in [0.1, 0.15) is 11.4 Å². The van der Waals surface area contributed by atoms with Gasteiger partial charge in [-0.15, -0.1) is 0 Å². The van der Waals surface area contributed by atoms with Crippen LogP contribution in [0.4, 0.5) is 0 Å². The molecule has 1 aliphatic heterocycles. The third-order valence-corrected chi connectivity index (χ3v) is 6.60. The van der Waals surface area contributed by atoms with Crippen LogP contribution in [0.2, 0.25) is 5.02 Å². The minimum Gasteiger partial charge on any atom is -0.497 e. The van der Waals surface area contributed by atoms with Gasteiger partial charge in [-0.1, -0.05) is 30.7 Å². The maximum absolute atomic E-state index is 13.0. The monoisotopic (exact) mass is 453 g/mol. The van der Waals surface area contributed by atoms with Crippen molar-refractivity contribution in [2.24, 2.45) is 11.8 Å². The summed E-state index contributed by atoms with van der Waals surface area (Å²) in [6, 6.07) is 15.1. The van der Waals surface area contributed by atoms with Crippen LogP contribution in [-0.2, 0) is 11.3 Å². The molecule has 1 saturated heterocycles. The van der Waals surface area contributed by atoms with Gasteiger partial charge in [0.2, 0.25) is 5.91 Å². The Morgan fingerprint density at radius 3 is 2.69 bits per heavy atom. The Balaban J connectivity index is 1.31. The molecule has 1 aliphatic rings. The van der Waals surface area contributed by atoms with Crippen molar-refractivity contribution in [1.29, 1.82) is 0 Å². The molecule has 0 aliphatic carbocycles. The lowest BCUT2D eigenvalue weighted by Gasteiger charge is -2.34. The number of aromatic amines is 1. The van der Waals surface area contributed by atoms with E-state index in [2.05, 4.69) is 10.3 Å². The summed E-state index contributed by atoms with van der Waals surface area (Å²) in [4.78, 5) is 30.7.